The quantitative estimate of drug-likeness (QED) is 0.590. The van der Waals surface area contributed by atoms with Crippen LogP contribution in [-0.4, -0.2) is 11.6 Å². The van der Waals surface area contributed by atoms with Crippen LogP contribution in [-0.2, 0) is 0 Å². The predicted molar refractivity (Wildman–Crippen MR) is 51.4 cm³/mol. The molecule has 1 aliphatic rings. The Morgan fingerprint density at radius 3 is 2.21 bits per heavy atom. The van der Waals surface area contributed by atoms with E-state index in [4.69, 9.17) is 11.6 Å². The van der Waals surface area contributed by atoms with Crippen LogP contribution >= 0.6 is 11.6 Å². The van der Waals surface area contributed by atoms with Crippen molar-refractivity contribution in [1.82, 2.24) is 0 Å². The molecule has 0 bridgehead atoms. The summed E-state index contributed by atoms with van der Waals surface area (Å²) in [6.07, 6.45) is -2.59. The molecule has 1 rings (SSSR count). The molecule has 0 N–H and O–H groups in total. The van der Waals surface area contributed by atoms with Gasteiger partial charge in [-0.3, -0.25) is 0 Å². The summed E-state index contributed by atoms with van der Waals surface area (Å²) in [5, 5.41) is -0.718. The standard InChI is InChI=1S/C10H16ClF3/c1-6(2)7-3-4-9(11)8(5-7)10(12,13)14/h6-9H,3-5H2,1-2H3. The Bertz CT molecular complexity index is 188. The summed E-state index contributed by atoms with van der Waals surface area (Å²) in [5.41, 5.74) is 0. The molecule has 0 spiro atoms. The average molecular weight is 229 g/mol. The molecule has 3 atom stereocenters. The van der Waals surface area contributed by atoms with Gasteiger partial charge in [0.1, 0.15) is 0 Å². The van der Waals surface area contributed by atoms with Crippen molar-refractivity contribution in [1.29, 1.82) is 0 Å². The SMILES string of the molecule is CC(C)C1CCC(Cl)C(C(F)(F)F)C1. The van der Waals surface area contributed by atoms with Crippen LogP contribution < -0.4 is 0 Å². The number of rotatable bonds is 1. The van der Waals surface area contributed by atoms with Crippen LogP contribution in [0.4, 0.5) is 13.2 Å². The van der Waals surface area contributed by atoms with E-state index in [2.05, 4.69) is 0 Å². The third-order valence-corrected chi connectivity index (χ3v) is 3.69. The molecule has 84 valence electrons. The highest BCUT2D eigenvalue weighted by Crippen LogP contribution is 2.44. The fourth-order valence-electron chi connectivity index (χ4n) is 2.11. The number of hydrogen-bond acceptors (Lipinski definition) is 0. The van der Waals surface area contributed by atoms with Crippen LogP contribution in [0.15, 0.2) is 0 Å². The van der Waals surface area contributed by atoms with E-state index in [0.717, 1.165) is 6.42 Å². The molecule has 0 aromatic rings. The van der Waals surface area contributed by atoms with Crippen molar-refractivity contribution in [3.63, 3.8) is 0 Å². The summed E-state index contributed by atoms with van der Waals surface area (Å²) in [6.45, 7) is 3.96. The number of halogens is 4. The second-order valence-electron chi connectivity index (χ2n) is 4.48. The van der Waals surface area contributed by atoms with Gasteiger partial charge in [-0.15, -0.1) is 11.6 Å². The largest absolute Gasteiger partial charge is 0.393 e. The van der Waals surface area contributed by atoms with Crippen molar-refractivity contribution in [2.75, 3.05) is 0 Å². The van der Waals surface area contributed by atoms with Gasteiger partial charge in [-0.1, -0.05) is 13.8 Å². The Hall–Kier alpha value is 0.0800. The predicted octanol–water partition coefficient (Wildman–Crippen LogP) is 4.23. The Labute approximate surface area is 87.8 Å². The molecule has 1 aliphatic carbocycles. The van der Waals surface area contributed by atoms with Crippen molar-refractivity contribution in [2.45, 2.75) is 44.7 Å². The molecule has 0 radical (unpaired) electrons. The molecule has 0 saturated heterocycles. The maximum absolute atomic E-state index is 12.5. The summed E-state index contributed by atoms with van der Waals surface area (Å²) >= 11 is 5.72. The molecule has 0 heterocycles. The van der Waals surface area contributed by atoms with Crippen molar-refractivity contribution >= 4 is 11.6 Å². The molecule has 1 fully saturated rings. The van der Waals surface area contributed by atoms with E-state index in [9.17, 15) is 13.2 Å². The topological polar surface area (TPSA) is 0 Å². The zero-order chi connectivity index (χ0) is 10.9. The van der Waals surface area contributed by atoms with Gasteiger partial charge in [-0.2, -0.15) is 13.2 Å². The van der Waals surface area contributed by atoms with E-state index in [1.807, 2.05) is 13.8 Å². The minimum Gasteiger partial charge on any atom is -0.171 e. The van der Waals surface area contributed by atoms with E-state index in [1.165, 1.54) is 0 Å². The van der Waals surface area contributed by atoms with Crippen LogP contribution in [0.5, 0.6) is 0 Å². The van der Waals surface area contributed by atoms with E-state index >= 15 is 0 Å². The molecule has 1 saturated carbocycles. The second-order valence-corrected chi connectivity index (χ2v) is 5.04. The number of hydrogen-bond donors (Lipinski definition) is 0. The maximum atomic E-state index is 12.5. The van der Waals surface area contributed by atoms with Crippen molar-refractivity contribution in [2.24, 2.45) is 17.8 Å². The zero-order valence-electron chi connectivity index (χ0n) is 8.44. The average Bonchev–Trinajstić information content (AvgIpc) is 2.02. The monoisotopic (exact) mass is 228 g/mol. The Morgan fingerprint density at radius 1 is 1.21 bits per heavy atom. The highest BCUT2D eigenvalue weighted by molar-refractivity contribution is 6.20. The first kappa shape index (κ1) is 12.2. The van der Waals surface area contributed by atoms with Gasteiger partial charge in [-0.25, -0.2) is 0 Å². The Balaban J connectivity index is 2.65. The lowest BCUT2D eigenvalue weighted by atomic mass is 9.75. The van der Waals surface area contributed by atoms with Crippen molar-refractivity contribution < 1.29 is 13.2 Å². The molecule has 14 heavy (non-hydrogen) atoms. The fraction of sp³-hybridized carbons (Fsp3) is 1.00. The molecule has 0 aliphatic heterocycles. The fourth-order valence-corrected chi connectivity index (χ4v) is 2.48. The lowest BCUT2D eigenvalue weighted by Crippen LogP contribution is -2.37. The van der Waals surface area contributed by atoms with Gasteiger partial charge in [-0.05, 0) is 31.1 Å². The Kier molecular flexibility index (Phi) is 3.73. The van der Waals surface area contributed by atoms with Gasteiger partial charge in [0, 0.05) is 5.38 Å². The summed E-state index contributed by atoms with van der Waals surface area (Å²) in [7, 11) is 0. The molecule has 4 heteroatoms. The third-order valence-electron chi connectivity index (χ3n) is 3.17. The highest BCUT2D eigenvalue weighted by Gasteiger charge is 2.47. The van der Waals surface area contributed by atoms with Gasteiger partial charge < -0.3 is 0 Å². The maximum Gasteiger partial charge on any atom is 0.393 e. The summed E-state index contributed by atoms with van der Waals surface area (Å²) < 4.78 is 37.6. The second kappa shape index (κ2) is 4.30. The summed E-state index contributed by atoms with van der Waals surface area (Å²) in [6, 6.07) is 0. The van der Waals surface area contributed by atoms with Gasteiger partial charge in [0.2, 0.25) is 0 Å². The van der Waals surface area contributed by atoms with Gasteiger partial charge in [0.15, 0.2) is 0 Å². The third kappa shape index (κ3) is 2.78. The molecule has 0 nitrogen and oxygen atoms in total. The smallest absolute Gasteiger partial charge is 0.171 e. The van der Waals surface area contributed by atoms with Crippen LogP contribution in [0.2, 0.25) is 0 Å². The summed E-state index contributed by atoms with van der Waals surface area (Å²) in [4.78, 5) is 0. The molecule has 0 amide bonds. The van der Waals surface area contributed by atoms with E-state index in [1.54, 1.807) is 0 Å². The first-order valence-electron chi connectivity index (χ1n) is 5.03. The highest BCUT2D eigenvalue weighted by atomic mass is 35.5. The lowest BCUT2D eigenvalue weighted by molar-refractivity contribution is -0.185. The molecule has 3 unspecified atom stereocenters. The molecular weight excluding hydrogens is 213 g/mol. The summed E-state index contributed by atoms with van der Waals surface area (Å²) in [5.74, 6) is -0.800. The molecule has 0 aromatic heterocycles. The normalized spacial score (nSPS) is 34.9. The van der Waals surface area contributed by atoms with Gasteiger partial charge in [0.05, 0.1) is 5.92 Å². The Morgan fingerprint density at radius 2 is 1.79 bits per heavy atom. The zero-order valence-corrected chi connectivity index (χ0v) is 9.20. The first-order valence-corrected chi connectivity index (χ1v) is 5.46. The first-order chi connectivity index (χ1) is 6.32. The number of alkyl halides is 4. The minimum absolute atomic E-state index is 0.177. The lowest BCUT2D eigenvalue weighted by Gasteiger charge is -2.35. The van der Waals surface area contributed by atoms with Crippen LogP contribution in [0, 0.1) is 17.8 Å². The minimum atomic E-state index is -4.13. The van der Waals surface area contributed by atoms with Crippen molar-refractivity contribution in [3.05, 3.63) is 0 Å². The van der Waals surface area contributed by atoms with E-state index < -0.39 is 17.5 Å². The van der Waals surface area contributed by atoms with Crippen molar-refractivity contribution in [3.8, 4) is 0 Å². The van der Waals surface area contributed by atoms with Gasteiger partial charge in [0.25, 0.3) is 0 Å². The van der Waals surface area contributed by atoms with E-state index in [0.29, 0.717) is 12.3 Å². The molecular formula is C10H16ClF3. The van der Waals surface area contributed by atoms with E-state index in [-0.39, 0.29) is 12.3 Å². The van der Waals surface area contributed by atoms with Gasteiger partial charge >= 0.3 is 6.18 Å². The van der Waals surface area contributed by atoms with Crippen LogP contribution in [0.25, 0.3) is 0 Å². The van der Waals surface area contributed by atoms with Crippen LogP contribution in [0.1, 0.15) is 33.1 Å². The molecule has 0 aromatic carbocycles. The van der Waals surface area contributed by atoms with Crippen LogP contribution in [0.3, 0.4) is 0 Å².